The summed E-state index contributed by atoms with van der Waals surface area (Å²) in [5, 5.41) is 13.0. The molecule has 1 aliphatic rings. The molecule has 0 spiro atoms. The van der Waals surface area contributed by atoms with Gasteiger partial charge in [-0.05, 0) is 42.9 Å². The lowest BCUT2D eigenvalue weighted by molar-refractivity contribution is 0.104. The van der Waals surface area contributed by atoms with Crippen LogP contribution in [0.25, 0.3) is 0 Å². The number of benzene rings is 1. The Bertz CT molecular complexity index is 643. The number of aliphatic hydroxyl groups is 1. The van der Waals surface area contributed by atoms with E-state index in [0.29, 0.717) is 36.4 Å². The highest BCUT2D eigenvalue weighted by molar-refractivity contribution is 7.91. The lowest BCUT2D eigenvalue weighted by Crippen LogP contribution is -2.35. The number of hydrogen-bond donors (Lipinski definition) is 2. The molecule has 1 unspecified atom stereocenters. The first-order valence-corrected chi connectivity index (χ1v) is 12.0. The second-order valence-electron chi connectivity index (χ2n) is 8.04. The lowest BCUT2D eigenvalue weighted by Gasteiger charge is -2.21. The number of aliphatic hydroxyl groups excluding tert-OH is 1. The highest BCUT2D eigenvalue weighted by Gasteiger charge is 2.21. The molecule has 0 heterocycles. The highest BCUT2D eigenvalue weighted by Crippen LogP contribution is 2.25. The van der Waals surface area contributed by atoms with Crippen molar-refractivity contribution in [2.45, 2.75) is 64.5 Å². The van der Waals surface area contributed by atoms with Crippen molar-refractivity contribution in [1.29, 1.82) is 0 Å². The summed E-state index contributed by atoms with van der Waals surface area (Å²) in [7, 11) is -3.00. The molecule has 1 aromatic rings. The largest absolute Gasteiger partial charge is 0.491 e. The molecule has 0 aromatic heterocycles. The van der Waals surface area contributed by atoms with Crippen LogP contribution in [0.4, 0.5) is 0 Å². The van der Waals surface area contributed by atoms with Gasteiger partial charge in [-0.3, -0.25) is 0 Å². The molecule has 7 heteroatoms. The molecule has 1 aromatic carbocycles. The van der Waals surface area contributed by atoms with Gasteiger partial charge < -0.3 is 15.2 Å². The molecule has 28 heavy (non-hydrogen) atoms. The van der Waals surface area contributed by atoms with Crippen LogP contribution in [0.5, 0.6) is 5.75 Å². The first kappa shape index (κ1) is 25.2. The summed E-state index contributed by atoms with van der Waals surface area (Å²) in [6.45, 7) is 4.78. The Hall–Kier alpha value is -0.820. The summed E-state index contributed by atoms with van der Waals surface area (Å²) in [4.78, 5) is 0. The number of sulfone groups is 1. The van der Waals surface area contributed by atoms with Gasteiger partial charge in [-0.2, -0.15) is 0 Å². The molecule has 0 amide bonds. The van der Waals surface area contributed by atoms with Gasteiger partial charge in [0.05, 0.1) is 11.5 Å². The molecule has 1 atom stereocenters. The standard InChI is InChI=1S/C21H35NO4S.ClH/c1-17(2)22-14-20(23)15-26-21-10-8-18(9-11-21)12-13-27(24,25)16-19-6-4-3-5-7-19;/h8-11,17,19-20,22-23H,3-7,12-16H2,1-2H3;1H. The summed E-state index contributed by atoms with van der Waals surface area (Å²) < 4.78 is 30.3. The maximum absolute atomic E-state index is 12.4. The van der Waals surface area contributed by atoms with E-state index in [1.165, 1.54) is 19.3 Å². The van der Waals surface area contributed by atoms with Gasteiger partial charge >= 0.3 is 0 Å². The van der Waals surface area contributed by atoms with Gasteiger partial charge in [-0.15, -0.1) is 12.4 Å². The molecule has 0 aliphatic heterocycles. The fourth-order valence-corrected chi connectivity index (χ4v) is 5.21. The van der Waals surface area contributed by atoms with Crippen LogP contribution >= 0.6 is 12.4 Å². The molecule has 5 nitrogen and oxygen atoms in total. The SMILES string of the molecule is CC(C)NCC(O)COc1ccc(CCS(=O)(=O)CC2CCCCC2)cc1.Cl. The fraction of sp³-hybridized carbons (Fsp3) is 0.714. The van der Waals surface area contributed by atoms with Crippen LogP contribution < -0.4 is 10.1 Å². The van der Waals surface area contributed by atoms with Crippen LogP contribution in [-0.4, -0.2) is 50.3 Å². The summed E-state index contributed by atoms with van der Waals surface area (Å²) in [6, 6.07) is 7.82. The first-order valence-electron chi connectivity index (χ1n) is 10.2. The Kier molecular flexibility index (Phi) is 11.4. The average Bonchev–Trinajstić information content (AvgIpc) is 2.64. The third kappa shape index (κ3) is 10.1. The molecule has 0 bridgehead atoms. The summed E-state index contributed by atoms with van der Waals surface area (Å²) in [5.41, 5.74) is 0.997. The van der Waals surface area contributed by atoms with Crippen molar-refractivity contribution in [3.63, 3.8) is 0 Å². The number of halogens is 1. The van der Waals surface area contributed by atoms with E-state index in [1.807, 2.05) is 38.1 Å². The number of nitrogens with one attached hydrogen (secondary N) is 1. The van der Waals surface area contributed by atoms with Gasteiger partial charge in [-0.25, -0.2) is 8.42 Å². The summed E-state index contributed by atoms with van der Waals surface area (Å²) >= 11 is 0. The Labute approximate surface area is 176 Å². The molecule has 2 N–H and O–H groups in total. The second kappa shape index (κ2) is 12.7. The van der Waals surface area contributed by atoms with Crippen LogP contribution in [0.15, 0.2) is 24.3 Å². The van der Waals surface area contributed by atoms with Gasteiger partial charge in [-0.1, -0.05) is 45.2 Å². The minimum atomic E-state index is -3.00. The average molecular weight is 434 g/mol. The number of rotatable bonds is 11. The molecular formula is C21H36ClNO4S. The van der Waals surface area contributed by atoms with E-state index in [-0.39, 0.29) is 24.8 Å². The fourth-order valence-electron chi connectivity index (χ4n) is 3.45. The van der Waals surface area contributed by atoms with Crippen LogP contribution in [0.3, 0.4) is 0 Å². The topological polar surface area (TPSA) is 75.6 Å². The van der Waals surface area contributed by atoms with Crippen molar-refractivity contribution in [3.8, 4) is 5.75 Å². The third-order valence-corrected chi connectivity index (χ3v) is 6.85. The maximum Gasteiger partial charge on any atom is 0.150 e. The van der Waals surface area contributed by atoms with Gasteiger partial charge in [0.1, 0.15) is 18.5 Å². The first-order chi connectivity index (χ1) is 12.8. The van der Waals surface area contributed by atoms with Crippen molar-refractivity contribution >= 4 is 22.2 Å². The molecule has 0 saturated heterocycles. The van der Waals surface area contributed by atoms with E-state index in [2.05, 4.69) is 5.32 Å². The molecule has 1 aliphatic carbocycles. The number of aryl methyl sites for hydroxylation is 1. The third-order valence-electron chi connectivity index (χ3n) is 5.04. The highest BCUT2D eigenvalue weighted by atomic mass is 35.5. The molecule has 1 saturated carbocycles. The smallest absolute Gasteiger partial charge is 0.150 e. The summed E-state index contributed by atoms with van der Waals surface area (Å²) in [6.07, 6.45) is 5.69. The molecular weight excluding hydrogens is 398 g/mol. The summed E-state index contributed by atoms with van der Waals surface area (Å²) in [5.74, 6) is 1.60. The van der Waals surface area contributed by atoms with Crippen molar-refractivity contribution in [1.82, 2.24) is 5.32 Å². The number of ether oxygens (including phenoxy) is 1. The predicted molar refractivity (Wildman–Crippen MR) is 117 cm³/mol. The Balaban J connectivity index is 0.00000392. The van der Waals surface area contributed by atoms with Crippen molar-refractivity contribution < 1.29 is 18.3 Å². The van der Waals surface area contributed by atoms with Crippen molar-refractivity contribution in [3.05, 3.63) is 29.8 Å². The minimum absolute atomic E-state index is 0. The zero-order valence-corrected chi connectivity index (χ0v) is 18.7. The normalized spacial score (nSPS) is 16.6. The number of hydrogen-bond acceptors (Lipinski definition) is 5. The molecule has 1 fully saturated rings. The van der Waals surface area contributed by atoms with E-state index in [0.717, 1.165) is 18.4 Å². The monoisotopic (exact) mass is 433 g/mol. The quantitative estimate of drug-likeness (QED) is 0.559. The molecule has 0 radical (unpaired) electrons. The second-order valence-corrected chi connectivity index (χ2v) is 10.3. The van der Waals surface area contributed by atoms with Crippen molar-refractivity contribution in [2.24, 2.45) is 5.92 Å². The molecule has 2 rings (SSSR count). The van der Waals surface area contributed by atoms with E-state index < -0.39 is 15.9 Å². The van der Waals surface area contributed by atoms with Gasteiger partial charge in [0, 0.05) is 12.6 Å². The Morgan fingerprint density at radius 1 is 1.14 bits per heavy atom. The van der Waals surface area contributed by atoms with E-state index >= 15 is 0 Å². The zero-order valence-electron chi connectivity index (χ0n) is 17.1. The van der Waals surface area contributed by atoms with E-state index in [9.17, 15) is 13.5 Å². The lowest BCUT2D eigenvalue weighted by atomic mass is 9.91. The Morgan fingerprint density at radius 2 is 1.79 bits per heavy atom. The Morgan fingerprint density at radius 3 is 2.39 bits per heavy atom. The minimum Gasteiger partial charge on any atom is -0.491 e. The van der Waals surface area contributed by atoms with Gasteiger partial charge in [0.25, 0.3) is 0 Å². The predicted octanol–water partition coefficient (Wildman–Crippen LogP) is 3.38. The van der Waals surface area contributed by atoms with Gasteiger partial charge in [0.2, 0.25) is 0 Å². The molecule has 162 valence electrons. The van der Waals surface area contributed by atoms with Crippen LogP contribution in [0.1, 0.15) is 51.5 Å². The van der Waals surface area contributed by atoms with E-state index in [4.69, 9.17) is 4.74 Å². The van der Waals surface area contributed by atoms with Crippen molar-refractivity contribution in [2.75, 3.05) is 24.7 Å². The van der Waals surface area contributed by atoms with Gasteiger partial charge in [0.15, 0.2) is 9.84 Å². The van der Waals surface area contributed by atoms with Crippen LogP contribution in [0.2, 0.25) is 0 Å². The zero-order chi connectivity index (χ0) is 19.7. The van der Waals surface area contributed by atoms with E-state index in [1.54, 1.807) is 0 Å². The maximum atomic E-state index is 12.4. The van der Waals surface area contributed by atoms with Crippen LogP contribution in [0, 0.1) is 5.92 Å². The van der Waals surface area contributed by atoms with Crippen LogP contribution in [-0.2, 0) is 16.3 Å².